The second-order valence-electron chi connectivity index (χ2n) is 14.8. The molecule has 1 aliphatic rings. The standard InChI is InChI=1S/C45H50O4/c1-27-16-28(2)20-37(19-27)44(46,38-21-29(3)17-30(4)22-38)41-42(49-43(10,48-41)36-14-12-11-13-15-36)45(47,39-23-31(5)18-32(6)24-39)40-25-33(7)35(9)34(8)26-40/h11-26,41-42,46-47H,1-10H3/t41?,42?,43?,45-/m0/s1. The highest BCUT2D eigenvalue weighted by Crippen LogP contribution is 2.53. The number of aryl methyl sites for hydroxylation is 8. The summed E-state index contributed by atoms with van der Waals surface area (Å²) in [6.07, 6.45) is -2.13. The van der Waals surface area contributed by atoms with Gasteiger partial charge < -0.3 is 19.7 Å². The molecule has 0 aromatic heterocycles. The Labute approximate surface area is 292 Å². The maximum Gasteiger partial charge on any atom is 0.193 e. The van der Waals surface area contributed by atoms with Crippen molar-refractivity contribution in [3.05, 3.63) is 175 Å². The van der Waals surface area contributed by atoms with E-state index in [-0.39, 0.29) is 0 Å². The third kappa shape index (κ3) is 6.17. The predicted molar refractivity (Wildman–Crippen MR) is 198 cm³/mol. The third-order valence-corrected chi connectivity index (χ3v) is 10.5. The average Bonchev–Trinajstić information content (AvgIpc) is 3.41. The molecule has 6 rings (SSSR count). The van der Waals surface area contributed by atoms with Gasteiger partial charge in [-0.2, -0.15) is 0 Å². The molecule has 1 heterocycles. The van der Waals surface area contributed by atoms with Crippen LogP contribution in [0.5, 0.6) is 0 Å². The predicted octanol–water partition coefficient (Wildman–Crippen LogP) is 9.29. The molecule has 3 unspecified atom stereocenters. The summed E-state index contributed by atoms with van der Waals surface area (Å²) in [7, 11) is 0. The maximum absolute atomic E-state index is 13.8. The van der Waals surface area contributed by atoms with Gasteiger partial charge in [0.05, 0.1) is 0 Å². The summed E-state index contributed by atoms with van der Waals surface area (Å²) in [6, 6.07) is 32.4. The summed E-state index contributed by atoms with van der Waals surface area (Å²) in [5.74, 6) is -1.30. The van der Waals surface area contributed by atoms with E-state index < -0.39 is 29.2 Å². The van der Waals surface area contributed by atoms with E-state index in [0.717, 1.165) is 50.1 Å². The molecule has 0 saturated carbocycles. The molecule has 2 N–H and O–H groups in total. The van der Waals surface area contributed by atoms with Crippen LogP contribution in [-0.2, 0) is 26.5 Å². The van der Waals surface area contributed by atoms with Gasteiger partial charge in [0.2, 0.25) is 0 Å². The van der Waals surface area contributed by atoms with E-state index in [4.69, 9.17) is 9.47 Å². The maximum atomic E-state index is 13.8. The summed E-state index contributed by atoms with van der Waals surface area (Å²) >= 11 is 0. The number of rotatable bonds is 7. The van der Waals surface area contributed by atoms with Gasteiger partial charge >= 0.3 is 0 Å². The van der Waals surface area contributed by atoms with Crippen molar-refractivity contribution in [1.29, 1.82) is 0 Å². The Hall–Kier alpha value is -4.06. The van der Waals surface area contributed by atoms with Gasteiger partial charge in [0.1, 0.15) is 23.4 Å². The van der Waals surface area contributed by atoms with Crippen LogP contribution in [0.4, 0.5) is 0 Å². The van der Waals surface area contributed by atoms with E-state index >= 15 is 0 Å². The highest BCUT2D eigenvalue weighted by atomic mass is 16.8. The van der Waals surface area contributed by atoms with Crippen LogP contribution in [0.1, 0.15) is 84.8 Å². The zero-order valence-corrected chi connectivity index (χ0v) is 30.6. The van der Waals surface area contributed by atoms with Crippen LogP contribution in [0.3, 0.4) is 0 Å². The summed E-state index contributed by atoms with van der Waals surface area (Å²) in [5, 5.41) is 27.5. The van der Waals surface area contributed by atoms with Gasteiger partial charge in [0.25, 0.3) is 0 Å². The first-order chi connectivity index (χ1) is 23.0. The first kappa shape index (κ1) is 34.8. The van der Waals surface area contributed by atoms with Crippen molar-refractivity contribution in [3.63, 3.8) is 0 Å². The van der Waals surface area contributed by atoms with E-state index in [9.17, 15) is 10.2 Å². The molecule has 0 amide bonds. The van der Waals surface area contributed by atoms with Gasteiger partial charge in [-0.1, -0.05) is 130 Å². The van der Waals surface area contributed by atoms with Crippen LogP contribution in [-0.4, -0.2) is 22.4 Å². The van der Waals surface area contributed by atoms with Crippen LogP contribution < -0.4 is 0 Å². The molecular formula is C45H50O4. The second-order valence-corrected chi connectivity index (χ2v) is 14.8. The fraction of sp³-hybridized carbons (Fsp3) is 0.333. The number of hydrogen-bond donors (Lipinski definition) is 2. The van der Waals surface area contributed by atoms with Gasteiger partial charge in [0.15, 0.2) is 5.79 Å². The number of aliphatic hydroxyl groups is 2. The largest absolute Gasteiger partial charge is 0.378 e. The van der Waals surface area contributed by atoms with Crippen molar-refractivity contribution in [1.82, 2.24) is 0 Å². The summed E-state index contributed by atoms with van der Waals surface area (Å²) in [5.41, 5.74) is 9.52. The highest BCUT2D eigenvalue weighted by Gasteiger charge is 2.63. The van der Waals surface area contributed by atoms with Crippen LogP contribution in [0.25, 0.3) is 0 Å². The lowest BCUT2D eigenvalue weighted by atomic mass is 9.70. The summed E-state index contributed by atoms with van der Waals surface area (Å²) < 4.78 is 14.4. The van der Waals surface area contributed by atoms with Crippen molar-refractivity contribution < 1.29 is 19.7 Å². The van der Waals surface area contributed by atoms with Crippen molar-refractivity contribution >= 4 is 0 Å². The zero-order chi connectivity index (χ0) is 35.5. The van der Waals surface area contributed by atoms with Gasteiger partial charge in [0, 0.05) is 5.56 Å². The minimum Gasteiger partial charge on any atom is -0.378 e. The minimum absolute atomic E-state index is 0.685. The first-order valence-corrected chi connectivity index (χ1v) is 17.2. The fourth-order valence-corrected chi connectivity index (χ4v) is 7.95. The molecule has 4 nitrogen and oxygen atoms in total. The first-order valence-electron chi connectivity index (χ1n) is 17.2. The molecule has 4 heteroatoms. The van der Waals surface area contributed by atoms with E-state index in [0.29, 0.717) is 22.3 Å². The molecule has 254 valence electrons. The Morgan fingerprint density at radius 2 is 0.776 bits per heavy atom. The van der Waals surface area contributed by atoms with E-state index in [1.54, 1.807) is 0 Å². The lowest BCUT2D eigenvalue weighted by Gasteiger charge is -2.43. The lowest BCUT2D eigenvalue weighted by molar-refractivity contribution is -0.193. The van der Waals surface area contributed by atoms with Gasteiger partial charge in [-0.15, -0.1) is 0 Å². The van der Waals surface area contributed by atoms with Gasteiger partial charge in [-0.25, -0.2) is 0 Å². The van der Waals surface area contributed by atoms with Crippen molar-refractivity contribution in [2.24, 2.45) is 0 Å². The van der Waals surface area contributed by atoms with Crippen LogP contribution >= 0.6 is 0 Å². The van der Waals surface area contributed by atoms with Crippen molar-refractivity contribution in [2.75, 3.05) is 0 Å². The molecule has 1 fully saturated rings. The number of benzene rings is 5. The Morgan fingerprint density at radius 3 is 1.10 bits per heavy atom. The third-order valence-electron chi connectivity index (χ3n) is 10.5. The molecule has 0 aliphatic carbocycles. The average molecular weight is 655 g/mol. The smallest absolute Gasteiger partial charge is 0.193 e. The van der Waals surface area contributed by atoms with Crippen LogP contribution in [0.2, 0.25) is 0 Å². The molecule has 1 aliphatic heterocycles. The molecule has 0 spiro atoms. The summed E-state index contributed by atoms with van der Waals surface area (Å²) in [4.78, 5) is 0. The topological polar surface area (TPSA) is 58.9 Å². The molecule has 0 bridgehead atoms. The second kappa shape index (κ2) is 12.7. The Balaban J connectivity index is 1.73. The SMILES string of the molecule is Cc1cc(C)cc(C(O)(c2cc(C)cc(C)c2)C2OC(C)(c3ccccc3)OC2[C@](O)(c2cc(C)cc(C)c2)c2cc(C)c(C)c(C)c2)c1. The Kier molecular flexibility index (Phi) is 9.00. The zero-order valence-electron chi connectivity index (χ0n) is 30.6. The Morgan fingerprint density at radius 1 is 0.469 bits per heavy atom. The Bertz CT molecular complexity index is 1890. The van der Waals surface area contributed by atoms with Crippen molar-refractivity contribution in [2.45, 2.75) is 98.4 Å². The molecule has 1 saturated heterocycles. The van der Waals surface area contributed by atoms with Crippen molar-refractivity contribution in [3.8, 4) is 0 Å². The van der Waals surface area contributed by atoms with E-state index in [1.807, 2.05) is 115 Å². The van der Waals surface area contributed by atoms with Crippen LogP contribution in [0, 0.1) is 62.3 Å². The molecule has 4 atom stereocenters. The molecular weight excluding hydrogens is 604 g/mol. The normalized spacial score (nSPS) is 20.7. The van der Waals surface area contributed by atoms with E-state index in [1.165, 1.54) is 5.56 Å². The molecule has 49 heavy (non-hydrogen) atoms. The van der Waals surface area contributed by atoms with Gasteiger partial charge in [-0.3, -0.25) is 0 Å². The van der Waals surface area contributed by atoms with Gasteiger partial charge in [-0.05, 0) is 108 Å². The minimum atomic E-state index is -1.73. The van der Waals surface area contributed by atoms with E-state index in [2.05, 4.69) is 51.1 Å². The quantitative estimate of drug-likeness (QED) is 0.184. The molecule has 5 aromatic carbocycles. The lowest BCUT2D eigenvalue weighted by Crippen LogP contribution is -2.55. The summed E-state index contributed by atoms with van der Waals surface area (Å²) in [6.45, 7) is 20.4. The monoisotopic (exact) mass is 654 g/mol. The highest BCUT2D eigenvalue weighted by molar-refractivity contribution is 5.50. The fourth-order valence-electron chi connectivity index (χ4n) is 7.95. The number of hydrogen-bond acceptors (Lipinski definition) is 4. The molecule has 5 aromatic rings. The molecule has 0 radical (unpaired) electrons. The number of ether oxygens (including phenoxy) is 2. The van der Waals surface area contributed by atoms with Crippen LogP contribution in [0.15, 0.2) is 97.1 Å².